The van der Waals surface area contributed by atoms with Crippen molar-refractivity contribution in [1.82, 2.24) is 24.0 Å². The van der Waals surface area contributed by atoms with Gasteiger partial charge in [0, 0.05) is 48.2 Å². The lowest BCUT2D eigenvalue weighted by Gasteiger charge is -2.32. The molecule has 1 N–H and O–H groups in total. The van der Waals surface area contributed by atoms with Crippen LogP contribution in [-0.2, 0) is 17.8 Å². The van der Waals surface area contributed by atoms with E-state index in [1.807, 2.05) is 0 Å². The number of carbonyl (C=O) groups is 1. The summed E-state index contributed by atoms with van der Waals surface area (Å²) in [4.78, 5) is 47.4. The molecule has 4 heterocycles. The molecule has 0 aliphatic carbocycles. The molecule has 1 fully saturated rings. The second-order valence-corrected chi connectivity index (χ2v) is 9.80. The van der Waals surface area contributed by atoms with E-state index in [0.29, 0.717) is 53.0 Å². The molecule has 1 aliphatic heterocycles. The Morgan fingerprint density at radius 3 is 2.54 bits per heavy atom. The van der Waals surface area contributed by atoms with Gasteiger partial charge >= 0.3 is 11.9 Å². The topological polar surface area (TPSA) is 111 Å². The molecule has 13 heteroatoms. The van der Waals surface area contributed by atoms with Gasteiger partial charge in [-0.15, -0.1) is 0 Å². The Morgan fingerprint density at radius 2 is 1.85 bits per heavy atom. The van der Waals surface area contributed by atoms with E-state index in [9.17, 15) is 27.6 Å². The Morgan fingerprint density at radius 1 is 1.10 bits per heavy atom. The number of nitrogens with one attached hydrogen (secondary N) is 1. The summed E-state index contributed by atoms with van der Waals surface area (Å²) in [5.74, 6) is 0.264. The molecule has 216 valence electrons. The molecule has 0 radical (unpaired) electrons. The quantitative estimate of drug-likeness (QED) is 0.363. The molecule has 0 unspecified atom stereocenters. The van der Waals surface area contributed by atoms with Gasteiger partial charge in [-0.2, -0.15) is 13.2 Å². The van der Waals surface area contributed by atoms with Crippen molar-refractivity contribution in [3.63, 3.8) is 0 Å². The van der Waals surface area contributed by atoms with Crippen LogP contribution in [0.5, 0.6) is 11.5 Å². The molecule has 10 nitrogen and oxygen atoms in total. The lowest BCUT2D eigenvalue weighted by Crippen LogP contribution is -2.42. The number of likely N-dealkylation sites (tertiary alicyclic amines) is 1. The first-order valence-electron chi connectivity index (χ1n) is 12.9. The Kier molecular flexibility index (Phi) is 7.61. The first kappa shape index (κ1) is 28.0. The smallest absolute Gasteiger partial charge is 0.406 e. The number of piperidine rings is 1. The number of methoxy groups -OCH3 is 2. The van der Waals surface area contributed by atoms with E-state index in [0.717, 1.165) is 6.20 Å². The summed E-state index contributed by atoms with van der Waals surface area (Å²) in [5, 5.41) is 0. The van der Waals surface area contributed by atoms with Crippen LogP contribution in [0.2, 0.25) is 0 Å². The van der Waals surface area contributed by atoms with Crippen LogP contribution in [-0.4, -0.2) is 63.4 Å². The minimum Gasteiger partial charge on any atom is -0.493 e. The van der Waals surface area contributed by atoms with Crippen LogP contribution in [0, 0.1) is 0 Å². The summed E-state index contributed by atoms with van der Waals surface area (Å²) in [6, 6.07) is 9.74. The number of pyridine rings is 2. The maximum atomic E-state index is 13.4. The SMILES string of the molecule is COc1cccc(-c2cc(CC(=O)N3CCC(n4c(=O)[nH]c5ncccc54)CC3)c(=O)n(CC(F)(F)F)c2)c1OC. The zero-order valence-electron chi connectivity index (χ0n) is 22.4. The highest BCUT2D eigenvalue weighted by molar-refractivity contribution is 5.80. The number of rotatable bonds is 7. The van der Waals surface area contributed by atoms with E-state index < -0.39 is 18.3 Å². The average molecular weight is 572 g/mol. The number of halogens is 3. The molecule has 1 amide bonds. The fourth-order valence-electron chi connectivity index (χ4n) is 5.37. The number of alkyl halides is 3. The summed E-state index contributed by atoms with van der Waals surface area (Å²) < 4.78 is 53.1. The molecule has 0 bridgehead atoms. The van der Waals surface area contributed by atoms with Crippen molar-refractivity contribution >= 4 is 17.1 Å². The monoisotopic (exact) mass is 571 g/mol. The maximum Gasteiger partial charge on any atom is 0.406 e. The van der Waals surface area contributed by atoms with E-state index in [2.05, 4.69) is 9.97 Å². The number of imidazole rings is 1. The number of ether oxygens (including phenoxy) is 2. The Hall–Kier alpha value is -4.55. The average Bonchev–Trinajstić information content (AvgIpc) is 3.29. The van der Waals surface area contributed by atoms with Crippen molar-refractivity contribution in [2.75, 3.05) is 27.3 Å². The Labute approximate surface area is 231 Å². The van der Waals surface area contributed by atoms with Crippen molar-refractivity contribution < 1.29 is 27.4 Å². The summed E-state index contributed by atoms with van der Waals surface area (Å²) in [5.41, 5.74) is 0.612. The second kappa shape index (κ2) is 11.1. The van der Waals surface area contributed by atoms with Crippen molar-refractivity contribution in [2.24, 2.45) is 0 Å². The highest BCUT2D eigenvalue weighted by Crippen LogP contribution is 2.38. The molecule has 41 heavy (non-hydrogen) atoms. The molecular weight excluding hydrogens is 543 g/mol. The van der Waals surface area contributed by atoms with E-state index >= 15 is 0 Å². The normalized spacial score (nSPS) is 14.4. The van der Waals surface area contributed by atoms with Gasteiger partial charge in [-0.05, 0) is 37.1 Å². The highest BCUT2D eigenvalue weighted by atomic mass is 19.4. The predicted octanol–water partition coefficient (Wildman–Crippen LogP) is 3.54. The molecule has 1 saturated heterocycles. The van der Waals surface area contributed by atoms with E-state index in [1.165, 1.54) is 20.3 Å². The van der Waals surface area contributed by atoms with Gasteiger partial charge in [-0.1, -0.05) is 12.1 Å². The number of amides is 1. The molecule has 3 aromatic heterocycles. The number of hydrogen-bond acceptors (Lipinski definition) is 6. The lowest BCUT2D eigenvalue weighted by atomic mass is 10.0. The molecule has 0 atom stereocenters. The number of benzene rings is 1. The van der Waals surface area contributed by atoms with Gasteiger partial charge in [0.25, 0.3) is 5.56 Å². The first-order chi connectivity index (χ1) is 19.6. The molecule has 1 aliphatic rings. The van der Waals surface area contributed by atoms with Crippen LogP contribution in [0.4, 0.5) is 13.2 Å². The van der Waals surface area contributed by atoms with Gasteiger partial charge in [-0.25, -0.2) is 9.78 Å². The number of hydrogen-bond donors (Lipinski definition) is 1. The number of aromatic amines is 1. The van der Waals surface area contributed by atoms with Crippen LogP contribution in [0.25, 0.3) is 22.3 Å². The van der Waals surface area contributed by atoms with Crippen LogP contribution >= 0.6 is 0 Å². The third-order valence-corrected chi connectivity index (χ3v) is 7.24. The number of para-hydroxylation sites is 1. The van der Waals surface area contributed by atoms with Gasteiger partial charge in [0.1, 0.15) is 6.54 Å². The molecular formula is C28H28F3N5O5. The first-order valence-corrected chi connectivity index (χ1v) is 12.9. The summed E-state index contributed by atoms with van der Waals surface area (Å²) in [6.07, 6.45) is -1.34. The fraction of sp³-hybridized carbons (Fsp3) is 0.357. The largest absolute Gasteiger partial charge is 0.493 e. The molecule has 1 aromatic carbocycles. The maximum absolute atomic E-state index is 13.4. The summed E-state index contributed by atoms with van der Waals surface area (Å²) >= 11 is 0. The predicted molar refractivity (Wildman–Crippen MR) is 144 cm³/mol. The van der Waals surface area contributed by atoms with Gasteiger partial charge in [0.05, 0.1) is 26.2 Å². The van der Waals surface area contributed by atoms with E-state index in [-0.39, 0.29) is 40.9 Å². The van der Waals surface area contributed by atoms with Gasteiger partial charge < -0.3 is 18.9 Å². The minimum absolute atomic E-state index is 0.0670. The fourth-order valence-corrected chi connectivity index (χ4v) is 5.37. The number of nitrogens with zero attached hydrogens (tertiary/aromatic N) is 4. The summed E-state index contributed by atoms with van der Waals surface area (Å²) in [6.45, 7) is -0.862. The molecule has 4 aromatic rings. The molecule has 5 rings (SSSR count). The minimum atomic E-state index is -4.65. The number of fused-ring (bicyclic) bond motifs is 1. The van der Waals surface area contributed by atoms with Crippen molar-refractivity contribution in [3.05, 3.63) is 75.2 Å². The van der Waals surface area contributed by atoms with Crippen molar-refractivity contribution in [2.45, 2.75) is 38.0 Å². The highest BCUT2D eigenvalue weighted by Gasteiger charge is 2.31. The zero-order valence-corrected chi connectivity index (χ0v) is 22.4. The second-order valence-electron chi connectivity index (χ2n) is 9.80. The summed E-state index contributed by atoms with van der Waals surface area (Å²) in [7, 11) is 2.84. The third kappa shape index (κ3) is 5.70. The Balaban J connectivity index is 1.41. The lowest BCUT2D eigenvalue weighted by molar-refractivity contribution is -0.141. The molecule has 0 saturated carbocycles. The van der Waals surface area contributed by atoms with Gasteiger partial charge in [0.2, 0.25) is 5.91 Å². The van der Waals surface area contributed by atoms with Crippen molar-refractivity contribution in [1.29, 1.82) is 0 Å². The van der Waals surface area contributed by atoms with E-state index in [1.54, 1.807) is 46.0 Å². The van der Waals surface area contributed by atoms with Gasteiger partial charge in [-0.3, -0.25) is 19.1 Å². The standard InChI is InChI=1S/C28H28F3N5O5/c1-40-22-7-3-5-20(24(22)41-2)18-13-17(26(38)35(15-18)16-28(29,30)31)14-23(37)34-11-8-19(9-12-34)36-21-6-4-10-32-25(21)33-27(36)39/h3-7,10,13,15,19H,8-9,11-12,14,16H2,1-2H3,(H,32,33,39). The van der Waals surface area contributed by atoms with Crippen LogP contribution in [0.3, 0.4) is 0 Å². The van der Waals surface area contributed by atoms with Crippen LogP contribution in [0.1, 0.15) is 24.4 Å². The van der Waals surface area contributed by atoms with Gasteiger partial charge in [0.15, 0.2) is 17.1 Å². The number of H-pyrrole nitrogens is 1. The van der Waals surface area contributed by atoms with Crippen LogP contribution < -0.4 is 20.7 Å². The van der Waals surface area contributed by atoms with E-state index in [4.69, 9.17) is 9.47 Å². The number of carbonyl (C=O) groups excluding carboxylic acids is 1. The Bertz CT molecular complexity index is 1700. The zero-order chi connectivity index (χ0) is 29.3. The van der Waals surface area contributed by atoms with Crippen LogP contribution in [0.15, 0.2) is 58.4 Å². The number of aromatic nitrogens is 4. The third-order valence-electron chi connectivity index (χ3n) is 7.24. The van der Waals surface area contributed by atoms with Crippen molar-refractivity contribution in [3.8, 4) is 22.6 Å². The molecule has 0 spiro atoms.